The molecule has 3 rings (SSSR count). The van der Waals surface area contributed by atoms with E-state index in [2.05, 4.69) is 15.0 Å². The molecular formula is C15H13N3O3. The molecule has 1 N–H and O–H groups in total. The van der Waals surface area contributed by atoms with Gasteiger partial charge in [0, 0.05) is 24.0 Å². The van der Waals surface area contributed by atoms with Crippen LogP contribution >= 0.6 is 0 Å². The Balaban J connectivity index is 2.20. The minimum Gasteiger partial charge on any atom is -0.497 e. The number of benzene rings is 1. The van der Waals surface area contributed by atoms with Crippen LogP contribution in [0.5, 0.6) is 17.4 Å². The smallest absolute Gasteiger partial charge is 0.240 e. The van der Waals surface area contributed by atoms with Gasteiger partial charge in [-0.3, -0.25) is 4.98 Å². The third kappa shape index (κ3) is 2.43. The van der Waals surface area contributed by atoms with Crippen LogP contribution in [0, 0.1) is 0 Å². The maximum atomic E-state index is 9.99. The van der Waals surface area contributed by atoms with Crippen LogP contribution in [-0.2, 0) is 0 Å². The molecule has 3 aromatic rings. The van der Waals surface area contributed by atoms with E-state index in [1.165, 1.54) is 6.20 Å². The van der Waals surface area contributed by atoms with Gasteiger partial charge in [0.1, 0.15) is 11.5 Å². The predicted octanol–water partition coefficient (Wildman–Crippen LogP) is 2.41. The van der Waals surface area contributed by atoms with E-state index in [0.29, 0.717) is 28.2 Å². The number of nitrogens with zero attached hydrogens (tertiary/aromatic N) is 3. The third-order valence-electron chi connectivity index (χ3n) is 3.09. The number of pyridine rings is 1. The number of aromatic hydroxyl groups is 1. The topological polar surface area (TPSA) is 77.4 Å². The summed E-state index contributed by atoms with van der Waals surface area (Å²) in [6.45, 7) is 0. The Bertz CT molecular complexity index is 783. The van der Waals surface area contributed by atoms with Crippen LogP contribution in [0.1, 0.15) is 0 Å². The fourth-order valence-corrected chi connectivity index (χ4v) is 2.06. The first kappa shape index (κ1) is 13.1. The Morgan fingerprint density at radius 3 is 2.24 bits per heavy atom. The summed E-state index contributed by atoms with van der Waals surface area (Å²) >= 11 is 0. The Labute approximate surface area is 121 Å². The van der Waals surface area contributed by atoms with Crippen molar-refractivity contribution >= 4 is 11.0 Å². The lowest BCUT2D eigenvalue weighted by Crippen LogP contribution is -1.92. The first-order chi connectivity index (χ1) is 10.2. The summed E-state index contributed by atoms with van der Waals surface area (Å²) in [5.41, 5.74) is 2.27. The quantitative estimate of drug-likeness (QED) is 0.795. The van der Waals surface area contributed by atoms with Gasteiger partial charge in [0.2, 0.25) is 5.88 Å². The molecule has 2 aromatic heterocycles. The number of methoxy groups -OCH3 is 2. The maximum absolute atomic E-state index is 9.99. The zero-order chi connectivity index (χ0) is 14.8. The first-order valence-corrected chi connectivity index (χ1v) is 6.25. The van der Waals surface area contributed by atoms with Gasteiger partial charge in [0.05, 0.1) is 25.4 Å². The van der Waals surface area contributed by atoms with Crippen molar-refractivity contribution in [2.75, 3.05) is 14.2 Å². The SMILES string of the molecule is COc1cc(OC)cc(-c2cc3nccnc3c(O)n2)c1. The Morgan fingerprint density at radius 1 is 0.905 bits per heavy atom. The normalized spacial score (nSPS) is 10.6. The second-order valence-corrected chi connectivity index (χ2v) is 4.36. The van der Waals surface area contributed by atoms with Gasteiger partial charge in [-0.1, -0.05) is 0 Å². The van der Waals surface area contributed by atoms with Gasteiger partial charge in [0.25, 0.3) is 0 Å². The average Bonchev–Trinajstić information content (AvgIpc) is 2.54. The average molecular weight is 283 g/mol. The molecule has 0 saturated carbocycles. The summed E-state index contributed by atoms with van der Waals surface area (Å²) in [7, 11) is 3.16. The van der Waals surface area contributed by atoms with Crippen LogP contribution in [-0.4, -0.2) is 34.3 Å². The van der Waals surface area contributed by atoms with E-state index < -0.39 is 0 Å². The molecule has 21 heavy (non-hydrogen) atoms. The highest BCUT2D eigenvalue weighted by Crippen LogP contribution is 2.31. The molecule has 0 aliphatic heterocycles. The summed E-state index contributed by atoms with van der Waals surface area (Å²) < 4.78 is 10.5. The zero-order valence-corrected chi connectivity index (χ0v) is 11.6. The largest absolute Gasteiger partial charge is 0.497 e. The summed E-state index contributed by atoms with van der Waals surface area (Å²) in [5.74, 6) is 1.13. The van der Waals surface area contributed by atoms with E-state index in [1.54, 1.807) is 32.5 Å². The second-order valence-electron chi connectivity index (χ2n) is 4.36. The van der Waals surface area contributed by atoms with Crippen LogP contribution in [0.2, 0.25) is 0 Å². The zero-order valence-electron chi connectivity index (χ0n) is 11.6. The van der Waals surface area contributed by atoms with Crippen LogP contribution in [0.3, 0.4) is 0 Å². The minimum atomic E-state index is -0.155. The monoisotopic (exact) mass is 283 g/mol. The number of hydrogen-bond donors (Lipinski definition) is 1. The summed E-state index contributed by atoms with van der Waals surface area (Å²) in [6, 6.07) is 7.15. The lowest BCUT2D eigenvalue weighted by Gasteiger charge is -2.09. The highest BCUT2D eigenvalue weighted by molar-refractivity contribution is 5.83. The predicted molar refractivity (Wildman–Crippen MR) is 77.5 cm³/mol. The third-order valence-corrected chi connectivity index (χ3v) is 3.09. The molecule has 0 aliphatic rings. The van der Waals surface area contributed by atoms with Crippen LogP contribution in [0.15, 0.2) is 36.7 Å². The molecule has 0 aliphatic carbocycles. The van der Waals surface area contributed by atoms with Crippen molar-refractivity contribution in [1.82, 2.24) is 15.0 Å². The van der Waals surface area contributed by atoms with E-state index in [0.717, 1.165) is 5.56 Å². The molecule has 0 spiro atoms. The second kappa shape index (κ2) is 5.24. The molecule has 1 aromatic carbocycles. The molecular weight excluding hydrogens is 270 g/mol. The molecule has 0 saturated heterocycles. The molecule has 0 fully saturated rings. The van der Waals surface area contributed by atoms with Gasteiger partial charge in [-0.15, -0.1) is 0 Å². The minimum absolute atomic E-state index is 0.155. The lowest BCUT2D eigenvalue weighted by atomic mass is 10.1. The molecule has 0 atom stereocenters. The van der Waals surface area contributed by atoms with Crippen molar-refractivity contribution in [1.29, 1.82) is 0 Å². The first-order valence-electron chi connectivity index (χ1n) is 6.25. The van der Waals surface area contributed by atoms with E-state index >= 15 is 0 Å². The number of rotatable bonds is 3. The van der Waals surface area contributed by atoms with E-state index in [4.69, 9.17) is 9.47 Å². The van der Waals surface area contributed by atoms with E-state index in [-0.39, 0.29) is 5.88 Å². The van der Waals surface area contributed by atoms with E-state index in [1.807, 2.05) is 12.1 Å². The Hall–Kier alpha value is -2.89. The summed E-state index contributed by atoms with van der Waals surface area (Å²) in [6.07, 6.45) is 3.08. The molecule has 6 heteroatoms. The van der Waals surface area contributed by atoms with Crippen molar-refractivity contribution in [3.05, 3.63) is 36.7 Å². The molecule has 0 radical (unpaired) electrons. The van der Waals surface area contributed by atoms with Gasteiger partial charge in [-0.05, 0) is 18.2 Å². The Morgan fingerprint density at radius 2 is 1.57 bits per heavy atom. The van der Waals surface area contributed by atoms with Crippen molar-refractivity contribution in [2.24, 2.45) is 0 Å². The molecule has 6 nitrogen and oxygen atoms in total. The summed E-state index contributed by atoms with van der Waals surface area (Å²) in [5, 5.41) is 9.99. The highest BCUT2D eigenvalue weighted by atomic mass is 16.5. The standard InChI is InChI=1S/C15H13N3O3/c1-20-10-5-9(6-11(7-10)21-2)12-8-13-14(15(19)18-12)17-4-3-16-13/h3-8H,1-2H3,(H,18,19). The van der Waals surface area contributed by atoms with Gasteiger partial charge >= 0.3 is 0 Å². The number of fused-ring (bicyclic) bond motifs is 1. The van der Waals surface area contributed by atoms with Crippen LogP contribution in [0.25, 0.3) is 22.3 Å². The van der Waals surface area contributed by atoms with Crippen molar-refractivity contribution in [3.8, 4) is 28.6 Å². The number of hydrogen-bond acceptors (Lipinski definition) is 6. The lowest BCUT2D eigenvalue weighted by molar-refractivity contribution is 0.394. The molecule has 0 amide bonds. The van der Waals surface area contributed by atoms with Crippen molar-refractivity contribution < 1.29 is 14.6 Å². The summed E-state index contributed by atoms with van der Waals surface area (Å²) in [4.78, 5) is 12.4. The maximum Gasteiger partial charge on any atom is 0.240 e. The fourth-order valence-electron chi connectivity index (χ4n) is 2.06. The van der Waals surface area contributed by atoms with Crippen molar-refractivity contribution in [2.45, 2.75) is 0 Å². The molecule has 0 unspecified atom stereocenters. The van der Waals surface area contributed by atoms with Crippen LogP contribution in [0.4, 0.5) is 0 Å². The fraction of sp³-hybridized carbons (Fsp3) is 0.133. The molecule has 0 bridgehead atoms. The van der Waals surface area contributed by atoms with Crippen molar-refractivity contribution in [3.63, 3.8) is 0 Å². The van der Waals surface area contributed by atoms with E-state index in [9.17, 15) is 5.11 Å². The van der Waals surface area contributed by atoms with Crippen LogP contribution < -0.4 is 9.47 Å². The Kier molecular flexibility index (Phi) is 3.27. The molecule has 2 heterocycles. The van der Waals surface area contributed by atoms with Gasteiger partial charge in [-0.25, -0.2) is 9.97 Å². The van der Waals surface area contributed by atoms with Gasteiger partial charge < -0.3 is 14.6 Å². The highest BCUT2D eigenvalue weighted by Gasteiger charge is 2.10. The van der Waals surface area contributed by atoms with Gasteiger partial charge in [0.15, 0.2) is 5.52 Å². The van der Waals surface area contributed by atoms with Gasteiger partial charge in [-0.2, -0.15) is 0 Å². The number of aromatic nitrogens is 3. The molecule has 106 valence electrons. The number of ether oxygens (including phenoxy) is 2.